The minimum Gasteiger partial charge on any atom is -0.309 e. The zero-order valence-corrected chi connectivity index (χ0v) is 11.5. The van der Waals surface area contributed by atoms with E-state index < -0.39 is 0 Å². The van der Waals surface area contributed by atoms with Crippen molar-refractivity contribution in [3.05, 3.63) is 45.4 Å². The highest BCUT2D eigenvalue weighted by atomic mass is 35.5. The summed E-state index contributed by atoms with van der Waals surface area (Å²) in [6, 6.07) is 8.38. The summed E-state index contributed by atoms with van der Waals surface area (Å²) in [5.74, 6) is 0. The van der Waals surface area contributed by atoms with Gasteiger partial charge in [0.2, 0.25) is 0 Å². The molecule has 0 amide bonds. The Labute approximate surface area is 115 Å². The molecule has 0 saturated carbocycles. The van der Waals surface area contributed by atoms with Gasteiger partial charge >= 0.3 is 0 Å². The van der Waals surface area contributed by atoms with E-state index in [1.807, 2.05) is 12.1 Å². The summed E-state index contributed by atoms with van der Waals surface area (Å²) in [6.07, 6.45) is 3.28. The first kappa shape index (κ1) is 12.1. The summed E-state index contributed by atoms with van der Waals surface area (Å²) in [5, 5.41) is 8.55. The molecule has 0 unspecified atom stereocenters. The van der Waals surface area contributed by atoms with Crippen LogP contribution in [0.5, 0.6) is 0 Å². The lowest BCUT2D eigenvalue weighted by molar-refractivity contribution is 0.620. The van der Waals surface area contributed by atoms with Gasteiger partial charge in [-0.3, -0.25) is 0 Å². The van der Waals surface area contributed by atoms with Crippen molar-refractivity contribution in [1.82, 2.24) is 14.9 Å². The van der Waals surface area contributed by atoms with Crippen molar-refractivity contribution in [2.75, 3.05) is 6.54 Å². The fraction of sp³-hybridized carbons (Fsp3) is 0.385. The Hall–Kier alpha value is -0.970. The van der Waals surface area contributed by atoms with Gasteiger partial charge in [-0.05, 0) is 48.6 Å². The molecular formula is C13H14ClN3S. The smallest absolute Gasteiger partial charge is 0.0960 e. The molecule has 1 atom stereocenters. The molecule has 1 aliphatic rings. The molecule has 0 spiro atoms. The third-order valence-electron chi connectivity index (χ3n) is 3.25. The quantitative estimate of drug-likeness (QED) is 0.937. The zero-order chi connectivity index (χ0) is 12.4. The van der Waals surface area contributed by atoms with Crippen LogP contribution in [-0.4, -0.2) is 16.1 Å². The van der Waals surface area contributed by atoms with Crippen LogP contribution in [0.3, 0.4) is 0 Å². The number of hydrogen-bond acceptors (Lipinski definition) is 4. The van der Waals surface area contributed by atoms with E-state index in [0.29, 0.717) is 6.04 Å². The summed E-state index contributed by atoms with van der Waals surface area (Å²) in [7, 11) is 0. The van der Waals surface area contributed by atoms with Crippen molar-refractivity contribution in [1.29, 1.82) is 0 Å². The first-order valence-electron chi connectivity index (χ1n) is 6.12. The van der Waals surface area contributed by atoms with Crippen LogP contribution in [0.1, 0.15) is 35.0 Å². The van der Waals surface area contributed by atoms with Crippen molar-refractivity contribution in [3.8, 4) is 0 Å². The fourth-order valence-electron chi connectivity index (χ4n) is 2.31. The van der Waals surface area contributed by atoms with Crippen LogP contribution in [0.25, 0.3) is 0 Å². The van der Waals surface area contributed by atoms with Crippen LogP contribution in [-0.2, 0) is 6.42 Å². The largest absolute Gasteiger partial charge is 0.309 e. The molecule has 2 heterocycles. The zero-order valence-electron chi connectivity index (χ0n) is 9.90. The summed E-state index contributed by atoms with van der Waals surface area (Å²) < 4.78 is 4.11. The molecule has 18 heavy (non-hydrogen) atoms. The molecular weight excluding hydrogens is 266 g/mol. The van der Waals surface area contributed by atoms with Crippen LogP contribution >= 0.6 is 23.1 Å². The van der Waals surface area contributed by atoms with Gasteiger partial charge in [0.1, 0.15) is 0 Å². The summed E-state index contributed by atoms with van der Waals surface area (Å²) in [6.45, 7) is 1.09. The van der Waals surface area contributed by atoms with E-state index in [1.54, 1.807) is 0 Å². The van der Waals surface area contributed by atoms with Gasteiger partial charge in [0, 0.05) is 11.4 Å². The molecule has 1 aromatic heterocycles. The van der Waals surface area contributed by atoms with Gasteiger partial charge in [-0.15, -0.1) is 5.10 Å². The Morgan fingerprint density at radius 2 is 2.17 bits per heavy atom. The highest BCUT2D eigenvalue weighted by molar-refractivity contribution is 7.05. The number of aromatic nitrogens is 2. The normalized spacial score (nSPS) is 19.3. The van der Waals surface area contributed by atoms with E-state index in [0.717, 1.165) is 23.7 Å². The molecule has 94 valence electrons. The number of benzene rings is 1. The van der Waals surface area contributed by atoms with E-state index in [-0.39, 0.29) is 0 Å². The van der Waals surface area contributed by atoms with Crippen molar-refractivity contribution in [2.45, 2.75) is 25.3 Å². The molecule has 0 radical (unpaired) electrons. The summed E-state index contributed by atoms with van der Waals surface area (Å²) >= 11 is 7.40. The highest BCUT2D eigenvalue weighted by Crippen LogP contribution is 2.27. The number of rotatable bonds is 3. The summed E-state index contributed by atoms with van der Waals surface area (Å²) in [4.78, 5) is 1.26. The van der Waals surface area contributed by atoms with Crippen molar-refractivity contribution in [2.24, 2.45) is 0 Å². The molecule has 1 aliphatic heterocycles. The van der Waals surface area contributed by atoms with Gasteiger partial charge in [0.05, 0.1) is 16.6 Å². The third kappa shape index (κ3) is 2.55. The molecule has 0 bridgehead atoms. The first-order chi connectivity index (χ1) is 8.83. The summed E-state index contributed by atoms with van der Waals surface area (Å²) in [5.41, 5.74) is 2.39. The molecule has 2 aromatic rings. The Bertz CT molecular complexity index is 517. The van der Waals surface area contributed by atoms with E-state index in [4.69, 9.17) is 11.6 Å². The maximum absolute atomic E-state index is 5.90. The molecule has 5 heteroatoms. The van der Waals surface area contributed by atoms with Gasteiger partial charge in [0.15, 0.2) is 0 Å². The maximum Gasteiger partial charge on any atom is 0.0960 e. The monoisotopic (exact) mass is 279 g/mol. The van der Waals surface area contributed by atoms with Gasteiger partial charge in [-0.2, -0.15) is 0 Å². The van der Waals surface area contributed by atoms with Gasteiger partial charge in [-0.1, -0.05) is 28.2 Å². The van der Waals surface area contributed by atoms with E-state index >= 15 is 0 Å². The van der Waals surface area contributed by atoms with Crippen LogP contribution < -0.4 is 5.32 Å². The topological polar surface area (TPSA) is 37.8 Å². The van der Waals surface area contributed by atoms with Crippen LogP contribution in [0.15, 0.2) is 24.3 Å². The third-order valence-corrected chi connectivity index (χ3v) is 4.24. The fourth-order valence-corrected chi connectivity index (χ4v) is 3.17. The lowest BCUT2D eigenvalue weighted by Gasteiger charge is -2.08. The lowest BCUT2D eigenvalue weighted by Crippen LogP contribution is -2.14. The van der Waals surface area contributed by atoms with Crippen LogP contribution in [0.4, 0.5) is 0 Å². The van der Waals surface area contributed by atoms with Crippen molar-refractivity contribution < 1.29 is 0 Å². The maximum atomic E-state index is 5.90. The Balaban J connectivity index is 1.80. The molecule has 1 N–H and O–H groups in total. The van der Waals surface area contributed by atoms with Crippen molar-refractivity contribution in [3.63, 3.8) is 0 Å². The van der Waals surface area contributed by atoms with E-state index in [9.17, 15) is 0 Å². The predicted octanol–water partition coefficient (Wildman–Crippen LogP) is 3.21. The second kappa shape index (κ2) is 5.34. The van der Waals surface area contributed by atoms with Gasteiger partial charge in [-0.25, -0.2) is 0 Å². The number of nitrogens with one attached hydrogen (secondary N) is 1. The minimum absolute atomic E-state index is 0.394. The molecule has 0 aliphatic carbocycles. The van der Waals surface area contributed by atoms with Gasteiger partial charge in [0.25, 0.3) is 0 Å². The Morgan fingerprint density at radius 1 is 1.33 bits per heavy atom. The highest BCUT2D eigenvalue weighted by Gasteiger charge is 2.22. The SMILES string of the molecule is Clc1ccc(Cc2snnc2[C@H]2CCCN2)cc1. The van der Waals surface area contributed by atoms with Crippen LogP contribution in [0.2, 0.25) is 5.02 Å². The second-order valence-electron chi connectivity index (χ2n) is 4.53. The molecule has 1 saturated heterocycles. The molecule has 3 rings (SSSR count). The van der Waals surface area contributed by atoms with E-state index in [2.05, 4.69) is 27.0 Å². The van der Waals surface area contributed by atoms with Crippen LogP contribution in [0, 0.1) is 0 Å². The van der Waals surface area contributed by atoms with E-state index in [1.165, 1.54) is 34.8 Å². The molecule has 1 aromatic carbocycles. The average Bonchev–Trinajstić information content (AvgIpc) is 3.02. The average molecular weight is 280 g/mol. The first-order valence-corrected chi connectivity index (χ1v) is 7.27. The Kier molecular flexibility index (Phi) is 3.59. The second-order valence-corrected chi connectivity index (χ2v) is 5.81. The van der Waals surface area contributed by atoms with Crippen molar-refractivity contribution >= 4 is 23.1 Å². The molecule has 3 nitrogen and oxygen atoms in total. The minimum atomic E-state index is 0.394. The Morgan fingerprint density at radius 3 is 2.89 bits per heavy atom. The number of halogens is 1. The lowest BCUT2D eigenvalue weighted by atomic mass is 10.1. The van der Waals surface area contributed by atoms with Gasteiger partial charge < -0.3 is 5.32 Å². The predicted molar refractivity (Wildman–Crippen MR) is 74.1 cm³/mol. The standard InChI is InChI=1S/C13H14ClN3S/c14-10-5-3-9(4-6-10)8-12-13(16-17-18-12)11-2-1-7-15-11/h3-6,11,15H,1-2,7-8H2/t11-/m1/s1. The number of nitrogens with zero attached hydrogens (tertiary/aromatic N) is 2. The molecule has 1 fully saturated rings. The number of hydrogen-bond donors (Lipinski definition) is 1.